The van der Waals surface area contributed by atoms with Crippen LogP contribution in [0.25, 0.3) is 0 Å². The number of alkyl halides is 3. The van der Waals surface area contributed by atoms with Gasteiger partial charge in [-0.3, -0.25) is 0 Å². The van der Waals surface area contributed by atoms with Crippen LogP contribution < -0.4 is 0 Å². The van der Waals surface area contributed by atoms with Gasteiger partial charge in [0, 0.05) is 25.0 Å². The molecule has 17 heavy (non-hydrogen) atoms. The van der Waals surface area contributed by atoms with Gasteiger partial charge >= 0.3 is 5.51 Å². The molecule has 0 amide bonds. The van der Waals surface area contributed by atoms with Gasteiger partial charge in [-0.05, 0) is 29.5 Å². The highest BCUT2D eigenvalue weighted by molar-refractivity contribution is 7.97. The number of hydrogen-bond donors (Lipinski definition) is 0. The largest absolute Gasteiger partial charge is 0.456 e. The van der Waals surface area contributed by atoms with E-state index in [0.29, 0.717) is 19.5 Å². The van der Waals surface area contributed by atoms with Crippen molar-refractivity contribution in [2.24, 2.45) is 0 Å². The highest BCUT2D eigenvalue weighted by Gasteiger charge is 2.33. The second kappa shape index (κ2) is 4.90. The van der Waals surface area contributed by atoms with Crippen molar-refractivity contribution >= 4 is 11.9 Å². The molecule has 1 aromatic carbocycles. The first kappa shape index (κ1) is 12.8. The predicted octanol–water partition coefficient (Wildman–Crippen LogP) is 3.78. The number of hydrogen-bond acceptors (Lipinski definition) is 2. The lowest BCUT2D eigenvalue weighted by Crippen LogP contribution is -2.28. The summed E-state index contributed by atoms with van der Waals surface area (Å²) in [5.74, 6) is 0. The molecule has 2 rings (SSSR count). The number of benzene rings is 1. The number of halogens is 3. The minimum atomic E-state index is -4.18. The second-order valence-corrected chi connectivity index (χ2v) is 5.27. The van der Waals surface area contributed by atoms with Crippen molar-refractivity contribution in [3.8, 4) is 0 Å². The maximum Gasteiger partial charge on any atom is 0.456 e. The van der Waals surface area contributed by atoms with Crippen LogP contribution in [0.2, 0.25) is 0 Å². The zero-order chi connectivity index (χ0) is 12.5. The Bertz CT molecular complexity index is 403. The summed E-state index contributed by atoms with van der Waals surface area (Å²) in [6.45, 7) is 2.89. The quantitative estimate of drug-likeness (QED) is 0.745. The standard InChI is InChI=1S/C12H14F3NS/c1-2-9-3-4-10-5-6-16(8-11(10)7-9)17-12(13,14)15/h3-4,7H,2,5-6,8H2,1H3. The molecule has 0 saturated heterocycles. The lowest BCUT2D eigenvalue weighted by molar-refractivity contribution is -0.0365. The van der Waals surface area contributed by atoms with Crippen molar-refractivity contribution in [2.45, 2.75) is 31.8 Å². The predicted molar refractivity (Wildman–Crippen MR) is 63.6 cm³/mol. The Morgan fingerprint density at radius 3 is 2.71 bits per heavy atom. The normalized spacial score (nSPS) is 16.9. The van der Waals surface area contributed by atoms with Crippen LogP contribution in [-0.4, -0.2) is 16.4 Å². The fourth-order valence-corrected chi connectivity index (χ4v) is 2.71. The van der Waals surface area contributed by atoms with E-state index in [1.807, 2.05) is 19.1 Å². The van der Waals surface area contributed by atoms with E-state index >= 15 is 0 Å². The summed E-state index contributed by atoms with van der Waals surface area (Å²) in [5.41, 5.74) is -0.781. The monoisotopic (exact) mass is 261 g/mol. The van der Waals surface area contributed by atoms with Crippen molar-refractivity contribution in [3.05, 3.63) is 34.9 Å². The molecule has 0 radical (unpaired) electrons. The molecule has 1 nitrogen and oxygen atoms in total. The van der Waals surface area contributed by atoms with Gasteiger partial charge in [0.25, 0.3) is 0 Å². The summed E-state index contributed by atoms with van der Waals surface area (Å²) < 4.78 is 38.2. The van der Waals surface area contributed by atoms with Crippen LogP contribution in [0.5, 0.6) is 0 Å². The number of nitrogens with zero attached hydrogens (tertiary/aromatic N) is 1. The molecule has 0 fully saturated rings. The van der Waals surface area contributed by atoms with Crippen LogP contribution >= 0.6 is 11.9 Å². The highest BCUT2D eigenvalue weighted by Crippen LogP contribution is 2.36. The average molecular weight is 261 g/mol. The lowest BCUT2D eigenvalue weighted by atomic mass is 9.98. The van der Waals surface area contributed by atoms with Crippen LogP contribution in [0.1, 0.15) is 23.6 Å². The third-order valence-corrected chi connectivity index (χ3v) is 3.67. The van der Waals surface area contributed by atoms with Crippen LogP contribution in [0, 0.1) is 0 Å². The van der Waals surface area contributed by atoms with E-state index in [4.69, 9.17) is 0 Å². The summed E-state index contributed by atoms with van der Waals surface area (Å²) in [5, 5.41) is 0. The van der Waals surface area contributed by atoms with E-state index in [0.717, 1.165) is 12.0 Å². The fourth-order valence-electron chi connectivity index (χ4n) is 2.03. The molecule has 0 atom stereocenters. The molecule has 1 heterocycles. The molecule has 0 unspecified atom stereocenters. The van der Waals surface area contributed by atoms with E-state index in [1.165, 1.54) is 15.4 Å². The third kappa shape index (κ3) is 3.39. The molecule has 1 aliphatic rings. The minimum Gasteiger partial charge on any atom is -0.238 e. The molecule has 0 N–H and O–H groups in total. The van der Waals surface area contributed by atoms with Crippen LogP contribution in [0.15, 0.2) is 18.2 Å². The highest BCUT2D eigenvalue weighted by atomic mass is 32.2. The average Bonchev–Trinajstić information content (AvgIpc) is 2.26. The zero-order valence-electron chi connectivity index (χ0n) is 9.55. The molecular weight excluding hydrogens is 247 g/mol. The van der Waals surface area contributed by atoms with Crippen LogP contribution in [0.3, 0.4) is 0 Å². The summed E-state index contributed by atoms with van der Waals surface area (Å²) in [6.07, 6.45) is 1.61. The van der Waals surface area contributed by atoms with Crippen molar-refractivity contribution in [1.29, 1.82) is 0 Å². The van der Waals surface area contributed by atoms with Gasteiger partial charge in [-0.25, -0.2) is 4.31 Å². The Labute approximate surface area is 103 Å². The first-order valence-electron chi connectivity index (χ1n) is 5.59. The molecule has 94 valence electrons. The smallest absolute Gasteiger partial charge is 0.238 e. The Morgan fingerprint density at radius 2 is 2.06 bits per heavy atom. The summed E-state index contributed by atoms with van der Waals surface area (Å²) in [6, 6.07) is 6.13. The molecule has 0 bridgehead atoms. The topological polar surface area (TPSA) is 3.24 Å². The van der Waals surface area contributed by atoms with E-state index in [-0.39, 0.29) is 11.9 Å². The number of fused-ring (bicyclic) bond motifs is 1. The van der Waals surface area contributed by atoms with Gasteiger partial charge in [0.2, 0.25) is 0 Å². The van der Waals surface area contributed by atoms with Gasteiger partial charge in [0.05, 0.1) is 0 Å². The lowest BCUT2D eigenvalue weighted by Gasteiger charge is -2.28. The fraction of sp³-hybridized carbons (Fsp3) is 0.500. The Hall–Kier alpha value is -0.680. The maximum absolute atomic E-state index is 12.3. The van der Waals surface area contributed by atoms with Crippen LogP contribution in [0.4, 0.5) is 13.2 Å². The molecule has 1 aliphatic heterocycles. The van der Waals surface area contributed by atoms with E-state index in [1.54, 1.807) is 0 Å². The van der Waals surface area contributed by atoms with Gasteiger partial charge in [-0.1, -0.05) is 25.1 Å². The first-order valence-corrected chi connectivity index (χ1v) is 6.37. The van der Waals surface area contributed by atoms with Gasteiger partial charge in [0.1, 0.15) is 0 Å². The number of aryl methyl sites for hydroxylation is 1. The van der Waals surface area contributed by atoms with Crippen LogP contribution in [-0.2, 0) is 19.4 Å². The summed E-state index contributed by atoms with van der Waals surface area (Å²) in [4.78, 5) is 0. The van der Waals surface area contributed by atoms with E-state index in [9.17, 15) is 13.2 Å². The summed E-state index contributed by atoms with van der Waals surface area (Å²) >= 11 is -0.0119. The van der Waals surface area contributed by atoms with Gasteiger partial charge in [-0.15, -0.1) is 0 Å². The SMILES string of the molecule is CCc1ccc2c(c1)CN(SC(F)(F)F)CC2. The van der Waals surface area contributed by atoms with Gasteiger partial charge in [-0.2, -0.15) is 13.2 Å². The van der Waals surface area contributed by atoms with E-state index < -0.39 is 5.51 Å². The molecule has 0 aromatic heterocycles. The van der Waals surface area contributed by atoms with Gasteiger partial charge in [0.15, 0.2) is 0 Å². The zero-order valence-corrected chi connectivity index (χ0v) is 10.4. The van der Waals surface area contributed by atoms with Crippen molar-refractivity contribution in [2.75, 3.05) is 6.54 Å². The Balaban J connectivity index is 2.11. The molecule has 0 saturated carbocycles. The Morgan fingerprint density at radius 1 is 1.29 bits per heavy atom. The van der Waals surface area contributed by atoms with Crippen molar-refractivity contribution < 1.29 is 13.2 Å². The first-order chi connectivity index (χ1) is 7.98. The summed E-state index contributed by atoms with van der Waals surface area (Å²) in [7, 11) is 0. The molecular formula is C12H14F3NS. The van der Waals surface area contributed by atoms with Crippen molar-refractivity contribution in [1.82, 2.24) is 4.31 Å². The molecule has 0 spiro atoms. The van der Waals surface area contributed by atoms with Gasteiger partial charge < -0.3 is 0 Å². The second-order valence-electron chi connectivity index (χ2n) is 4.11. The Kier molecular flexibility index (Phi) is 3.68. The van der Waals surface area contributed by atoms with E-state index in [2.05, 4.69) is 6.07 Å². The van der Waals surface area contributed by atoms with Crippen molar-refractivity contribution in [3.63, 3.8) is 0 Å². The molecule has 0 aliphatic carbocycles. The molecule has 1 aromatic rings. The maximum atomic E-state index is 12.3. The molecule has 5 heteroatoms. The number of rotatable bonds is 2. The minimum absolute atomic E-state index is 0.0119. The third-order valence-electron chi connectivity index (χ3n) is 2.89.